The number of amides is 1. The first-order valence-corrected chi connectivity index (χ1v) is 6.52. The van der Waals surface area contributed by atoms with Crippen LogP contribution in [0.25, 0.3) is 0 Å². The highest BCUT2D eigenvalue weighted by atomic mass is 16.3. The molecule has 0 aliphatic rings. The monoisotopic (exact) mass is 271 g/mol. The Morgan fingerprint density at radius 3 is 2.45 bits per heavy atom. The van der Waals surface area contributed by atoms with E-state index < -0.39 is 0 Å². The molecule has 0 spiro atoms. The van der Waals surface area contributed by atoms with E-state index in [2.05, 4.69) is 15.3 Å². The topological polar surface area (TPSA) is 75.1 Å². The van der Waals surface area contributed by atoms with Crippen molar-refractivity contribution in [3.05, 3.63) is 54.1 Å². The van der Waals surface area contributed by atoms with E-state index in [1.54, 1.807) is 24.5 Å². The van der Waals surface area contributed by atoms with Gasteiger partial charge >= 0.3 is 0 Å². The number of nitrogens with one attached hydrogen (secondary N) is 1. The number of carbonyl (C=O) groups excluding carboxylic acids is 1. The summed E-state index contributed by atoms with van der Waals surface area (Å²) in [7, 11) is 0. The molecule has 0 fully saturated rings. The van der Waals surface area contributed by atoms with E-state index in [4.69, 9.17) is 5.11 Å². The van der Waals surface area contributed by atoms with Gasteiger partial charge in [0, 0.05) is 25.4 Å². The molecule has 0 aliphatic heterocycles. The number of aromatic nitrogens is 2. The third kappa shape index (κ3) is 4.68. The van der Waals surface area contributed by atoms with Crippen LogP contribution in [-0.4, -0.2) is 27.5 Å². The molecule has 0 unspecified atom stereocenters. The maximum Gasteiger partial charge on any atom is 0.220 e. The standard InChI is InChI=1S/C15H17N3O2/c19-14-4-1-12(2-5-14)7-8-18-15(20)6-3-13-9-16-11-17-10-13/h1-2,4-5,9-11,19H,3,6-8H2,(H,18,20). The molecule has 1 heterocycles. The molecular formula is C15H17N3O2. The molecule has 104 valence electrons. The fourth-order valence-corrected chi connectivity index (χ4v) is 1.81. The number of hydrogen-bond acceptors (Lipinski definition) is 4. The van der Waals surface area contributed by atoms with Crippen molar-refractivity contribution < 1.29 is 9.90 Å². The molecule has 5 nitrogen and oxygen atoms in total. The van der Waals surface area contributed by atoms with Gasteiger partial charge in [0.1, 0.15) is 12.1 Å². The maximum absolute atomic E-state index is 11.7. The maximum atomic E-state index is 11.7. The van der Waals surface area contributed by atoms with Gasteiger partial charge in [-0.25, -0.2) is 9.97 Å². The molecule has 2 rings (SSSR count). The summed E-state index contributed by atoms with van der Waals surface area (Å²) < 4.78 is 0. The van der Waals surface area contributed by atoms with E-state index in [9.17, 15) is 4.79 Å². The summed E-state index contributed by atoms with van der Waals surface area (Å²) >= 11 is 0. The molecule has 0 saturated carbocycles. The van der Waals surface area contributed by atoms with Gasteiger partial charge in [-0.2, -0.15) is 0 Å². The largest absolute Gasteiger partial charge is 0.508 e. The molecule has 2 aromatic rings. The zero-order valence-corrected chi connectivity index (χ0v) is 11.1. The van der Waals surface area contributed by atoms with Crippen LogP contribution in [0.2, 0.25) is 0 Å². The summed E-state index contributed by atoms with van der Waals surface area (Å²) in [4.78, 5) is 19.5. The van der Waals surface area contributed by atoms with Gasteiger partial charge in [0.15, 0.2) is 0 Å². The fraction of sp³-hybridized carbons (Fsp3) is 0.267. The Balaban J connectivity index is 1.66. The minimum absolute atomic E-state index is 0.0210. The van der Waals surface area contributed by atoms with Gasteiger partial charge in [-0.1, -0.05) is 12.1 Å². The lowest BCUT2D eigenvalue weighted by Crippen LogP contribution is -2.25. The molecule has 0 radical (unpaired) electrons. The van der Waals surface area contributed by atoms with Crippen LogP contribution >= 0.6 is 0 Å². The van der Waals surface area contributed by atoms with Crippen molar-refractivity contribution in [2.75, 3.05) is 6.54 Å². The summed E-state index contributed by atoms with van der Waals surface area (Å²) in [5.74, 6) is 0.274. The second kappa shape index (κ2) is 7.23. The molecule has 1 aromatic heterocycles. The number of aryl methyl sites for hydroxylation is 1. The first-order chi connectivity index (χ1) is 9.74. The normalized spacial score (nSPS) is 10.2. The average molecular weight is 271 g/mol. The summed E-state index contributed by atoms with van der Waals surface area (Å²) in [5.41, 5.74) is 2.04. The number of rotatable bonds is 6. The Morgan fingerprint density at radius 1 is 1.05 bits per heavy atom. The predicted octanol–water partition coefficient (Wildman–Crippen LogP) is 1.47. The highest BCUT2D eigenvalue weighted by Crippen LogP contribution is 2.09. The van der Waals surface area contributed by atoms with E-state index in [0.29, 0.717) is 19.4 Å². The first-order valence-electron chi connectivity index (χ1n) is 6.52. The molecule has 5 heteroatoms. The van der Waals surface area contributed by atoms with Crippen LogP contribution in [0.5, 0.6) is 5.75 Å². The van der Waals surface area contributed by atoms with E-state index in [0.717, 1.165) is 17.5 Å². The van der Waals surface area contributed by atoms with E-state index in [-0.39, 0.29) is 11.7 Å². The van der Waals surface area contributed by atoms with Crippen LogP contribution in [-0.2, 0) is 17.6 Å². The Bertz CT molecular complexity index is 541. The molecule has 0 aliphatic carbocycles. The van der Waals surface area contributed by atoms with Crippen molar-refractivity contribution >= 4 is 5.91 Å². The van der Waals surface area contributed by atoms with Crippen molar-refractivity contribution in [3.8, 4) is 5.75 Å². The lowest BCUT2D eigenvalue weighted by Gasteiger charge is -2.05. The zero-order chi connectivity index (χ0) is 14.2. The quantitative estimate of drug-likeness (QED) is 0.834. The van der Waals surface area contributed by atoms with Crippen molar-refractivity contribution in [2.24, 2.45) is 0 Å². The van der Waals surface area contributed by atoms with Crippen molar-refractivity contribution in [3.63, 3.8) is 0 Å². The van der Waals surface area contributed by atoms with Gasteiger partial charge < -0.3 is 10.4 Å². The summed E-state index contributed by atoms with van der Waals surface area (Å²) in [6.45, 7) is 0.592. The Hall–Kier alpha value is -2.43. The van der Waals surface area contributed by atoms with E-state index in [1.165, 1.54) is 6.33 Å². The third-order valence-electron chi connectivity index (χ3n) is 2.93. The van der Waals surface area contributed by atoms with Crippen LogP contribution in [0.15, 0.2) is 43.0 Å². The van der Waals surface area contributed by atoms with Gasteiger partial charge in [-0.3, -0.25) is 4.79 Å². The molecule has 0 saturated heterocycles. The number of nitrogens with zero attached hydrogens (tertiary/aromatic N) is 2. The van der Waals surface area contributed by atoms with Crippen LogP contribution in [0, 0.1) is 0 Å². The Labute approximate surface area is 117 Å². The third-order valence-corrected chi connectivity index (χ3v) is 2.93. The van der Waals surface area contributed by atoms with Crippen molar-refractivity contribution in [1.82, 2.24) is 15.3 Å². The Morgan fingerprint density at radius 2 is 1.75 bits per heavy atom. The number of phenolic OH excluding ortho intramolecular Hbond substituents is 1. The number of benzene rings is 1. The summed E-state index contributed by atoms with van der Waals surface area (Å²) in [6, 6.07) is 6.99. The van der Waals surface area contributed by atoms with E-state index >= 15 is 0 Å². The highest BCUT2D eigenvalue weighted by Gasteiger charge is 2.02. The van der Waals surface area contributed by atoms with Crippen LogP contribution in [0.4, 0.5) is 0 Å². The predicted molar refractivity (Wildman–Crippen MR) is 75.2 cm³/mol. The minimum atomic E-state index is 0.0210. The van der Waals surface area contributed by atoms with Crippen LogP contribution in [0.3, 0.4) is 0 Å². The van der Waals surface area contributed by atoms with Crippen LogP contribution < -0.4 is 5.32 Å². The molecule has 2 N–H and O–H groups in total. The lowest BCUT2D eigenvalue weighted by atomic mass is 10.1. The average Bonchev–Trinajstić information content (AvgIpc) is 2.48. The fourth-order valence-electron chi connectivity index (χ4n) is 1.81. The molecule has 20 heavy (non-hydrogen) atoms. The minimum Gasteiger partial charge on any atom is -0.508 e. The second-order valence-electron chi connectivity index (χ2n) is 4.51. The number of aromatic hydroxyl groups is 1. The number of carbonyl (C=O) groups is 1. The molecule has 0 bridgehead atoms. The molecule has 0 atom stereocenters. The number of phenols is 1. The van der Waals surface area contributed by atoms with Crippen LogP contribution in [0.1, 0.15) is 17.5 Å². The van der Waals surface area contributed by atoms with Gasteiger partial charge in [0.05, 0.1) is 0 Å². The smallest absolute Gasteiger partial charge is 0.220 e. The second-order valence-corrected chi connectivity index (χ2v) is 4.51. The highest BCUT2D eigenvalue weighted by molar-refractivity contribution is 5.76. The molecule has 1 amide bonds. The van der Waals surface area contributed by atoms with Gasteiger partial charge in [-0.05, 0) is 36.1 Å². The van der Waals surface area contributed by atoms with Gasteiger partial charge in [0.25, 0.3) is 0 Å². The Kier molecular flexibility index (Phi) is 5.06. The van der Waals surface area contributed by atoms with Gasteiger partial charge in [-0.15, -0.1) is 0 Å². The van der Waals surface area contributed by atoms with Gasteiger partial charge in [0.2, 0.25) is 5.91 Å². The first kappa shape index (κ1) is 14.0. The van der Waals surface area contributed by atoms with Crippen molar-refractivity contribution in [1.29, 1.82) is 0 Å². The molecular weight excluding hydrogens is 254 g/mol. The molecule has 1 aromatic carbocycles. The number of hydrogen-bond donors (Lipinski definition) is 2. The van der Waals surface area contributed by atoms with Crippen molar-refractivity contribution in [2.45, 2.75) is 19.3 Å². The van der Waals surface area contributed by atoms with E-state index in [1.807, 2.05) is 12.1 Å². The summed E-state index contributed by atoms with van der Waals surface area (Å²) in [5, 5.41) is 12.0. The zero-order valence-electron chi connectivity index (χ0n) is 11.1. The SMILES string of the molecule is O=C(CCc1cncnc1)NCCc1ccc(O)cc1. The summed E-state index contributed by atoms with van der Waals surface area (Å²) in [6.07, 6.45) is 6.74. The lowest BCUT2D eigenvalue weighted by molar-refractivity contribution is -0.121.